The molecule has 0 heterocycles. The number of hydrogen-bond acceptors (Lipinski definition) is 4. The second-order valence-corrected chi connectivity index (χ2v) is 7.58. The largest absolute Gasteiger partial charge is 0.397 e. The predicted molar refractivity (Wildman–Crippen MR) is 79.6 cm³/mol. The summed E-state index contributed by atoms with van der Waals surface area (Å²) in [6.45, 7) is 8.44. The summed E-state index contributed by atoms with van der Waals surface area (Å²) in [7, 11) is -2.08. The maximum absolute atomic E-state index is 11.7. The summed E-state index contributed by atoms with van der Waals surface area (Å²) >= 11 is 0. The van der Waals surface area contributed by atoms with Crippen LogP contribution in [0.5, 0.6) is 0 Å². The Morgan fingerprint density at radius 3 is 2.26 bits per heavy atom. The molecule has 0 fully saturated rings. The van der Waals surface area contributed by atoms with Gasteiger partial charge < -0.3 is 11.1 Å². The molecule has 0 aliphatic heterocycles. The minimum atomic E-state index is -3.45. The zero-order valence-corrected chi connectivity index (χ0v) is 12.9. The van der Waals surface area contributed by atoms with Crippen molar-refractivity contribution in [3.8, 4) is 0 Å². The van der Waals surface area contributed by atoms with Crippen molar-refractivity contribution in [2.45, 2.75) is 38.6 Å². The molecular weight excluding hydrogens is 262 g/mol. The zero-order chi connectivity index (χ0) is 14.8. The molecule has 0 spiro atoms. The van der Waals surface area contributed by atoms with Crippen LogP contribution in [0.15, 0.2) is 23.1 Å². The maximum atomic E-state index is 11.7. The summed E-state index contributed by atoms with van der Waals surface area (Å²) in [5.41, 5.74) is 7.17. The Hall–Kier alpha value is -1.27. The number of nitrogen functional groups attached to an aromatic ring is 1. The van der Waals surface area contributed by atoms with Crippen molar-refractivity contribution in [3.63, 3.8) is 0 Å². The van der Waals surface area contributed by atoms with Crippen molar-refractivity contribution < 1.29 is 8.42 Å². The number of nitrogens with two attached hydrogens (primary N) is 1. The molecular formula is C13H23N3O2S. The zero-order valence-electron chi connectivity index (χ0n) is 12.1. The van der Waals surface area contributed by atoms with Gasteiger partial charge in [0.1, 0.15) is 0 Å². The van der Waals surface area contributed by atoms with Crippen molar-refractivity contribution in [1.29, 1.82) is 0 Å². The van der Waals surface area contributed by atoms with Crippen LogP contribution in [0.4, 0.5) is 11.4 Å². The molecule has 1 rings (SSSR count). The van der Waals surface area contributed by atoms with Crippen molar-refractivity contribution >= 4 is 21.4 Å². The molecule has 0 saturated heterocycles. The highest BCUT2D eigenvalue weighted by Gasteiger charge is 2.21. The highest BCUT2D eigenvalue weighted by Crippen LogP contribution is 2.27. The van der Waals surface area contributed by atoms with Gasteiger partial charge in [0.05, 0.1) is 16.3 Å². The van der Waals surface area contributed by atoms with Crippen LogP contribution >= 0.6 is 0 Å². The lowest BCUT2D eigenvalue weighted by molar-refractivity contribution is 0.359. The third-order valence-electron chi connectivity index (χ3n) is 3.27. The van der Waals surface area contributed by atoms with E-state index in [1.165, 1.54) is 13.1 Å². The number of rotatable bonds is 4. The monoisotopic (exact) mass is 285 g/mol. The van der Waals surface area contributed by atoms with Gasteiger partial charge in [-0.2, -0.15) is 0 Å². The molecule has 0 saturated carbocycles. The molecule has 0 radical (unpaired) electrons. The number of benzene rings is 1. The van der Waals surface area contributed by atoms with Gasteiger partial charge in [-0.1, -0.05) is 20.8 Å². The van der Waals surface area contributed by atoms with E-state index in [0.29, 0.717) is 5.69 Å². The highest BCUT2D eigenvalue weighted by molar-refractivity contribution is 7.89. The number of hydrogen-bond donors (Lipinski definition) is 3. The van der Waals surface area contributed by atoms with Crippen LogP contribution in [-0.2, 0) is 10.0 Å². The van der Waals surface area contributed by atoms with Gasteiger partial charge >= 0.3 is 0 Å². The Labute approximate surface area is 115 Å². The van der Waals surface area contributed by atoms with Crippen LogP contribution < -0.4 is 15.8 Å². The summed E-state index contributed by atoms with van der Waals surface area (Å²) in [5, 5.41) is 3.31. The van der Waals surface area contributed by atoms with Gasteiger partial charge in [-0.3, -0.25) is 0 Å². The van der Waals surface area contributed by atoms with Gasteiger partial charge in [-0.05, 0) is 37.6 Å². The number of nitrogens with one attached hydrogen (secondary N) is 2. The van der Waals surface area contributed by atoms with Gasteiger partial charge in [-0.15, -0.1) is 0 Å². The fourth-order valence-electron chi connectivity index (χ4n) is 1.41. The van der Waals surface area contributed by atoms with Crippen molar-refractivity contribution in [3.05, 3.63) is 18.2 Å². The molecule has 1 aromatic rings. The first-order valence-electron chi connectivity index (χ1n) is 6.17. The van der Waals surface area contributed by atoms with E-state index in [9.17, 15) is 8.42 Å². The highest BCUT2D eigenvalue weighted by atomic mass is 32.2. The van der Waals surface area contributed by atoms with E-state index in [1.807, 2.05) is 0 Å². The fourth-order valence-corrected chi connectivity index (χ4v) is 2.17. The third kappa shape index (κ3) is 3.84. The fraction of sp³-hybridized carbons (Fsp3) is 0.538. The SMILES string of the molecule is CNS(=O)(=O)c1ccc(NC(C)C(C)(C)C)c(N)c1. The van der Waals surface area contributed by atoms with Crippen molar-refractivity contribution in [2.24, 2.45) is 5.41 Å². The van der Waals surface area contributed by atoms with Gasteiger partial charge in [0.2, 0.25) is 10.0 Å². The molecule has 6 heteroatoms. The van der Waals surface area contributed by atoms with E-state index < -0.39 is 10.0 Å². The molecule has 4 N–H and O–H groups in total. The second-order valence-electron chi connectivity index (χ2n) is 5.69. The molecule has 19 heavy (non-hydrogen) atoms. The van der Waals surface area contributed by atoms with E-state index >= 15 is 0 Å². The van der Waals surface area contributed by atoms with Gasteiger partial charge in [-0.25, -0.2) is 13.1 Å². The molecule has 1 atom stereocenters. The molecule has 1 unspecified atom stereocenters. The Morgan fingerprint density at radius 1 is 1.26 bits per heavy atom. The summed E-state index contributed by atoms with van der Waals surface area (Å²) in [5.74, 6) is 0. The van der Waals surface area contributed by atoms with Crippen LogP contribution in [-0.4, -0.2) is 21.5 Å². The summed E-state index contributed by atoms with van der Waals surface area (Å²) in [4.78, 5) is 0.168. The van der Waals surface area contributed by atoms with E-state index in [2.05, 4.69) is 37.7 Å². The average Bonchev–Trinajstić information content (AvgIpc) is 2.30. The van der Waals surface area contributed by atoms with E-state index in [-0.39, 0.29) is 16.4 Å². The third-order valence-corrected chi connectivity index (χ3v) is 4.69. The van der Waals surface area contributed by atoms with E-state index in [0.717, 1.165) is 5.69 Å². The number of sulfonamides is 1. The van der Waals surface area contributed by atoms with Crippen LogP contribution in [0.25, 0.3) is 0 Å². The normalized spacial score (nSPS) is 14.2. The van der Waals surface area contributed by atoms with Crippen LogP contribution in [0.2, 0.25) is 0 Å². The topological polar surface area (TPSA) is 84.2 Å². The molecule has 5 nitrogen and oxygen atoms in total. The molecule has 0 aliphatic rings. The lowest BCUT2D eigenvalue weighted by atomic mass is 9.88. The Balaban J connectivity index is 3.03. The van der Waals surface area contributed by atoms with Crippen molar-refractivity contribution in [1.82, 2.24) is 4.72 Å². The molecule has 0 amide bonds. The van der Waals surface area contributed by atoms with Gasteiger partial charge in [0.25, 0.3) is 0 Å². The minimum absolute atomic E-state index is 0.0855. The Morgan fingerprint density at radius 2 is 1.84 bits per heavy atom. The maximum Gasteiger partial charge on any atom is 0.240 e. The first-order chi connectivity index (χ1) is 8.58. The average molecular weight is 285 g/mol. The lowest BCUT2D eigenvalue weighted by Gasteiger charge is -2.29. The second kappa shape index (κ2) is 5.38. The van der Waals surface area contributed by atoms with E-state index in [4.69, 9.17) is 5.73 Å². The Kier molecular flexibility index (Phi) is 4.47. The van der Waals surface area contributed by atoms with E-state index in [1.54, 1.807) is 12.1 Å². The smallest absolute Gasteiger partial charge is 0.240 e. The van der Waals surface area contributed by atoms with Crippen LogP contribution in [0, 0.1) is 5.41 Å². The summed E-state index contributed by atoms with van der Waals surface area (Å²) < 4.78 is 25.6. The number of anilines is 2. The van der Waals surface area contributed by atoms with Crippen LogP contribution in [0.1, 0.15) is 27.7 Å². The molecule has 0 aliphatic carbocycles. The van der Waals surface area contributed by atoms with Gasteiger partial charge in [0.15, 0.2) is 0 Å². The molecule has 0 bridgehead atoms. The quantitative estimate of drug-likeness (QED) is 0.739. The molecule has 108 valence electrons. The Bertz CT molecular complexity index is 547. The summed E-state index contributed by atoms with van der Waals surface area (Å²) in [6.07, 6.45) is 0. The van der Waals surface area contributed by atoms with Gasteiger partial charge in [0, 0.05) is 6.04 Å². The minimum Gasteiger partial charge on any atom is -0.397 e. The molecule has 1 aromatic carbocycles. The molecule has 0 aromatic heterocycles. The first kappa shape index (κ1) is 15.8. The van der Waals surface area contributed by atoms with Crippen molar-refractivity contribution in [2.75, 3.05) is 18.1 Å². The lowest BCUT2D eigenvalue weighted by Crippen LogP contribution is -2.31. The van der Waals surface area contributed by atoms with Crippen LogP contribution in [0.3, 0.4) is 0 Å². The predicted octanol–water partition coefficient (Wildman–Crippen LogP) is 2.02. The standard InChI is InChI=1S/C13H23N3O2S/c1-9(13(2,3)4)16-12-7-6-10(8-11(12)14)19(17,18)15-5/h6-9,15-16H,14H2,1-5H3. The first-order valence-corrected chi connectivity index (χ1v) is 7.66. The summed E-state index contributed by atoms with van der Waals surface area (Å²) in [6, 6.07) is 4.91.